The van der Waals surface area contributed by atoms with Crippen LogP contribution in [0.3, 0.4) is 0 Å². The van der Waals surface area contributed by atoms with Crippen molar-refractivity contribution in [2.75, 3.05) is 25.0 Å². The van der Waals surface area contributed by atoms with E-state index in [2.05, 4.69) is 30.1 Å². The summed E-state index contributed by atoms with van der Waals surface area (Å²) in [5.41, 5.74) is 2.76. The van der Waals surface area contributed by atoms with Crippen LogP contribution in [0.25, 0.3) is 0 Å². The quantitative estimate of drug-likeness (QED) is 0.746. The number of aromatic nitrogens is 1. The highest BCUT2D eigenvalue weighted by atomic mass is 19.4. The number of rotatable bonds is 4. The summed E-state index contributed by atoms with van der Waals surface area (Å²) in [5.74, 6) is 0.564. The number of alkyl halides is 3. The molecule has 1 fully saturated rings. The molecule has 1 aromatic carbocycles. The van der Waals surface area contributed by atoms with Gasteiger partial charge < -0.3 is 9.80 Å². The second-order valence-corrected chi connectivity index (χ2v) is 7.79. The van der Waals surface area contributed by atoms with Crippen molar-refractivity contribution < 1.29 is 18.0 Å². The van der Waals surface area contributed by atoms with E-state index < -0.39 is 11.7 Å². The van der Waals surface area contributed by atoms with E-state index in [0.29, 0.717) is 38.3 Å². The molecular weight excluding hydrogens is 379 g/mol. The van der Waals surface area contributed by atoms with E-state index in [-0.39, 0.29) is 11.8 Å². The van der Waals surface area contributed by atoms with Crippen LogP contribution in [-0.4, -0.2) is 35.9 Å². The number of pyridine rings is 1. The van der Waals surface area contributed by atoms with Crippen molar-refractivity contribution in [3.8, 4) is 0 Å². The molecule has 1 aromatic heterocycles. The van der Waals surface area contributed by atoms with E-state index in [4.69, 9.17) is 0 Å². The van der Waals surface area contributed by atoms with Crippen LogP contribution in [0.15, 0.2) is 36.5 Å². The molecule has 1 aliphatic heterocycles. The monoisotopic (exact) mass is 405 g/mol. The molecule has 1 saturated heterocycles. The van der Waals surface area contributed by atoms with E-state index >= 15 is 0 Å². The van der Waals surface area contributed by atoms with Crippen LogP contribution in [0.2, 0.25) is 0 Å². The van der Waals surface area contributed by atoms with Crippen molar-refractivity contribution >= 4 is 11.7 Å². The fourth-order valence-corrected chi connectivity index (χ4v) is 3.76. The average molecular weight is 405 g/mol. The molecule has 0 saturated carbocycles. The lowest BCUT2D eigenvalue weighted by Gasteiger charge is -2.34. The van der Waals surface area contributed by atoms with Gasteiger partial charge in [-0.3, -0.25) is 4.79 Å². The molecule has 4 nitrogen and oxygen atoms in total. The van der Waals surface area contributed by atoms with Crippen molar-refractivity contribution in [3.63, 3.8) is 0 Å². The molecule has 156 valence electrons. The molecule has 0 aliphatic carbocycles. The molecule has 2 heterocycles. The molecule has 3 rings (SSSR count). The lowest BCUT2D eigenvalue weighted by molar-refractivity contribution is -0.138. The predicted molar refractivity (Wildman–Crippen MR) is 107 cm³/mol. The number of piperidine rings is 1. The van der Waals surface area contributed by atoms with Crippen LogP contribution in [0, 0.1) is 19.8 Å². The number of benzene rings is 1. The van der Waals surface area contributed by atoms with Gasteiger partial charge in [-0.1, -0.05) is 23.8 Å². The van der Waals surface area contributed by atoms with Gasteiger partial charge in [-0.2, -0.15) is 13.2 Å². The Bertz CT molecular complexity index is 857. The maximum absolute atomic E-state index is 12.8. The van der Waals surface area contributed by atoms with Gasteiger partial charge in [-0.25, -0.2) is 4.98 Å². The third-order valence-corrected chi connectivity index (χ3v) is 5.53. The molecule has 1 amide bonds. The van der Waals surface area contributed by atoms with E-state index in [1.807, 2.05) is 18.9 Å². The maximum Gasteiger partial charge on any atom is 0.417 e. The number of hydrogen-bond donors (Lipinski definition) is 0. The Morgan fingerprint density at radius 3 is 2.41 bits per heavy atom. The highest BCUT2D eigenvalue weighted by Gasteiger charge is 2.32. The van der Waals surface area contributed by atoms with Gasteiger partial charge in [0.1, 0.15) is 5.82 Å². The fraction of sp³-hybridized carbons (Fsp3) is 0.455. The molecule has 0 spiro atoms. The van der Waals surface area contributed by atoms with Gasteiger partial charge in [0.15, 0.2) is 0 Å². The van der Waals surface area contributed by atoms with E-state index in [1.54, 1.807) is 4.90 Å². The third-order valence-electron chi connectivity index (χ3n) is 5.53. The van der Waals surface area contributed by atoms with Gasteiger partial charge in [0.2, 0.25) is 5.91 Å². The first-order valence-electron chi connectivity index (χ1n) is 9.74. The molecule has 0 unspecified atom stereocenters. The second-order valence-electron chi connectivity index (χ2n) is 7.79. The normalized spacial score (nSPS) is 15.4. The van der Waals surface area contributed by atoms with Crippen LogP contribution in [-0.2, 0) is 17.5 Å². The molecular formula is C22H26F3N3O. The Kier molecular flexibility index (Phi) is 6.15. The van der Waals surface area contributed by atoms with Crippen LogP contribution in [0.1, 0.15) is 35.1 Å². The van der Waals surface area contributed by atoms with Gasteiger partial charge >= 0.3 is 6.18 Å². The highest BCUT2D eigenvalue weighted by Crippen LogP contribution is 2.30. The summed E-state index contributed by atoms with van der Waals surface area (Å²) in [6.07, 6.45) is -2.19. The standard InChI is InChI=1S/C22H26F3N3O/c1-15-4-5-18(16(2)12-15)14-27(3)21(29)17-8-10-28(11-9-17)20-7-6-19(13-26-20)22(23,24)25/h4-7,12-13,17H,8-11,14H2,1-3H3. The van der Waals surface area contributed by atoms with Crippen LogP contribution < -0.4 is 4.90 Å². The van der Waals surface area contributed by atoms with Crippen molar-refractivity contribution in [1.29, 1.82) is 0 Å². The topological polar surface area (TPSA) is 36.4 Å². The molecule has 1 aliphatic rings. The summed E-state index contributed by atoms with van der Waals surface area (Å²) in [5, 5.41) is 0. The largest absolute Gasteiger partial charge is 0.417 e. The minimum absolute atomic E-state index is 0.0727. The van der Waals surface area contributed by atoms with E-state index in [1.165, 1.54) is 17.2 Å². The number of carbonyl (C=O) groups excluding carboxylic acids is 1. The first kappa shape index (κ1) is 21.1. The van der Waals surface area contributed by atoms with E-state index in [0.717, 1.165) is 17.8 Å². The highest BCUT2D eigenvalue weighted by molar-refractivity contribution is 5.79. The van der Waals surface area contributed by atoms with E-state index in [9.17, 15) is 18.0 Å². The van der Waals surface area contributed by atoms with Gasteiger partial charge in [0.25, 0.3) is 0 Å². The minimum Gasteiger partial charge on any atom is -0.357 e. The number of hydrogen-bond acceptors (Lipinski definition) is 3. The predicted octanol–water partition coefficient (Wildman–Crippen LogP) is 4.59. The first-order valence-corrected chi connectivity index (χ1v) is 9.74. The summed E-state index contributed by atoms with van der Waals surface area (Å²) >= 11 is 0. The molecule has 0 radical (unpaired) electrons. The summed E-state index contributed by atoms with van der Waals surface area (Å²) in [7, 11) is 1.82. The van der Waals surface area contributed by atoms with Crippen molar-refractivity contribution in [1.82, 2.24) is 9.88 Å². The van der Waals surface area contributed by atoms with Gasteiger partial charge in [0, 0.05) is 38.8 Å². The lowest BCUT2D eigenvalue weighted by Crippen LogP contribution is -2.41. The van der Waals surface area contributed by atoms with Crippen LogP contribution in [0.5, 0.6) is 0 Å². The van der Waals surface area contributed by atoms with Crippen molar-refractivity contribution in [2.45, 2.75) is 39.4 Å². The Morgan fingerprint density at radius 1 is 1.17 bits per heavy atom. The summed E-state index contributed by atoms with van der Waals surface area (Å²) in [6.45, 7) is 5.88. The molecule has 0 atom stereocenters. The summed E-state index contributed by atoms with van der Waals surface area (Å²) in [6, 6.07) is 8.68. The minimum atomic E-state index is -4.38. The Balaban J connectivity index is 1.56. The molecule has 29 heavy (non-hydrogen) atoms. The Hall–Kier alpha value is -2.57. The third kappa shape index (κ3) is 5.08. The van der Waals surface area contributed by atoms with Gasteiger partial charge in [-0.05, 0) is 49.9 Å². The zero-order valence-electron chi connectivity index (χ0n) is 17.0. The van der Waals surface area contributed by atoms with Gasteiger partial charge in [-0.15, -0.1) is 0 Å². The van der Waals surface area contributed by atoms with Crippen molar-refractivity contribution in [2.24, 2.45) is 5.92 Å². The SMILES string of the molecule is Cc1ccc(CN(C)C(=O)C2CCN(c3ccc(C(F)(F)F)cn3)CC2)c(C)c1. The van der Waals surface area contributed by atoms with Gasteiger partial charge in [0.05, 0.1) is 5.56 Å². The number of halogens is 3. The smallest absolute Gasteiger partial charge is 0.357 e. The molecule has 2 aromatic rings. The molecule has 0 bridgehead atoms. The number of carbonyl (C=O) groups is 1. The number of amides is 1. The Morgan fingerprint density at radius 2 is 1.86 bits per heavy atom. The van der Waals surface area contributed by atoms with Crippen LogP contribution >= 0.6 is 0 Å². The van der Waals surface area contributed by atoms with Crippen molar-refractivity contribution in [3.05, 3.63) is 58.8 Å². The number of aryl methyl sites for hydroxylation is 2. The second kappa shape index (κ2) is 8.43. The summed E-state index contributed by atoms with van der Waals surface area (Å²) in [4.78, 5) is 20.5. The number of anilines is 1. The average Bonchev–Trinajstić information content (AvgIpc) is 2.69. The summed E-state index contributed by atoms with van der Waals surface area (Å²) < 4.78 is 38.0. The maximum atomic E-state index is 12.8. The molecule has 0 N–H and O–H groups in total. The zero-order chi connectivity index (χ0) is 21.2. The Labute approximate surface area is 169 Å². The first-order chi connectivity index (χ1) is 13.6. The zero-order valence-corrected chi connectivity index (χ0v) is 17.0. The van der Waals surface area contributed by atoms with Crippen LogP contribution in [0.4, 0.5) is 19.0 Å². The number of nitrogens with zero attached hydrogens (tertiary/aromatic N) is 3. The lowest BCUT2D eigenvalue weighted by atomic mass is 9.95. The molecule has 7 heteroatoms. The fourth-order valence-electron chi connectivity index (χ4n) is 3.76.